The number of carbonyl (C=O) groups is 1. The van der Waals surface area contributed by atoms with Gasteiger partial charge in [0.2, 0.25) is 0 Å². The second-order valence-corrected chi connectivity index (χ2v) is 3.90. The lowest BCUT2D eigenvalue weighted by molar-refractivity contribution is -0.133. The Kier molecular flexibility index (Phi) is 2.07. The number of aliphatic imine (C=N–C) groups is 1. The van der Waals surface area contributed by atoms with Crippen LogP contribution in [0, 0.1) is 11.3 Å². The van der Waals surface area contributed by atoms with E-state index in [1.165, 1.54) is 6.08 Å². The SMILES string of the molecule is CC12N=C(N)C(C#N)=C1C=C(O)C=C2C(=O)O. The third-order valence-electron chi connectivity index (χ3n) is 2.85. The zero-order chi connectivity index (χ0) is 12.8. The Hall–Kier alpha value is -2.55. The van der Waals surface area contributed by atoms with Crippen molar-refractivity contribution in [3.8, 4) is 6.07 Å². The minimum atomic E-state index is -1.21. The van der Waals surface area contributed by atoms with Crippen molar-refractivity contribution < 1.29 is 15.0 Å². The first-order valence-corrected chi connectivity index (χ1v) is 4.77. The van der Waals surface area contributed by atoms with Crippen molar-refractivity contribution in [3.63, 3.8) is 0 Å². The molecular weight excluding hydrogens is 222 g/mol. The van der Waals surface area contributed by atoms with Crippen molar-refractivity contribution in [1.29, 1.82) is 5.26 Å². The number of carboxylic acids is 1. The molecule has 86 valence electrons. The number of aliphatic hydroxyl groups excluding tert-OH is 1. The number of nitriles is 1. The third-order valence-corrected chi connectivity index (χ3v) is 2.85. The van der Waals surface area contributed by atoms with E-state index in [0.717, 1.165) is 6.08 Å². The molecule has 0 aromatic carbocycles. The summed E-state index contributed by atoms with van der Waals surface area (Å²) in [6.45, 7) is 1.54. The number of rotatable bonds is 1. The number of hydrogen-bond acceptors (Lipinski definition) is 5. The van der Waals surface area contributed by atoms with E-state index in [1.807, 2.05) is 6.07 Å². The van der Waals surface area contributed by atoms with Crippen LogP contribution < -0.4 is 5.73 Å². The molecule has 0 fully saturated rings. The molecule has 1 aliphatic heterocycles. The third kappa shape index (κ3) is 1.33. The Morgan fingerprint density at radius 2 is 2.24 bits per heavy atom. The van der Waals surface area contributed by atoms with E-state index in [2.05, 4.69) is 4.99 Å². The van der Waals surface area contributed by atoms with Crippen LogP contribution in [0.25, 0.3) is 0 Å². The lowest BCUT2D eigenvalue weighted by atomic mass is 9.80. The maximum Gasteiger partial charge on any atom is 0.334 e. The normalized spacial score (nSPS) is 26.7. The average Bonchev–Trinajstić information content (AvgIpc) is 2.47. The Morgan fingerprint density at radius 1 is 1.59 bits per heavy atom. The summed E-state index contributed by atoms with van der Waals surface area (Å²) >= 11 is 0. The molecule has 1 heterocycles. The molecule has 1 unspecified atom stereocenters. The molecule has 6 heteroatoms. The fraction of sp³-hybridized carbons (Fsp3) is 0.182. The second-order valence-electron chi connectivity index (χ2n) is 3.90. The smallest absolute Gasteiger partial charge is 0.334 e. The number of hydrogen-bond donors (Lipinski definition) is 3. The minimum absolute atomic E-state index is 0.0110. The standard InChI is InChI=1S/C11H9N3O3/c1-11-7(6(4-12)9(13)14-11)2-5(15)3-8(11)10(16)17/h2-3,15H,1H3,(H2,13,14)(H,16,17). The molecule has 0 spiro atoms. The van der Waals surface area contributed by atoms with E-state index in [-0.39, 0.29) is 22.7 Å². The Balaban J connectivity index is 2.74. The van der Waals surface area contributed by atoms with Crippen LogP contribution in [0.15, 0.2) is 39.6 Å². The van der Waals surface area contributed by atoms with Gasteiger partial charge in [-0.05, 0) is 19.1 Å². The maximum atomic E-state index is 11.1. The molecule has 0 bridgehead atoms. The Morgan fingerprint density at radius 3 is 2.76 bits per heavy atom. The first-order chi connectivity index (χ1) is 7.90. The monoisotopic (exact) mass is 231 g/mol. The molecule has 1 atom stereocenters. The van der Waals surface area contributed by atoms with Crippen LogP contribution in [0.3, 0.4) is 0 Å². The van der Waals surface area contributed by atoms with Crippen molar-refractivity contribution in [1.82, 2.24) is 0 Å². The van der Waals surface area contributed by atoms with Gasteiger partial charge in [0.05, 0.1) is 11.1 Å². The predicted molar refractivity (Wildman–Crippen MR) is 59.1 cm³/mol. The van der Waals surface area contributed by atoms with Gasteiger partial charge in [0.1, 0.15) is 23.2 Å². The van der Waals surface area contributed by atoms with Gasteiger partial charge >= 0.3 is 5.97 Å². The fourth-order valence-electron chi connectivity index (χ4n) is 2.02. The first-order valence-electron chi connectivity index (χ1n) is 4.77. The fourth-order valence-corrected chi connectivity index (χ4v) is 2.02. The van der Waals surface area contributed by atoms with Gasteiger partial charge in [-0.15, -0.1) is 0 Å². The van der Waals surface area contributed by atoms with Crippen LogP contribution in [-0.2, 0) is 4.79 Å². The molecule has 2 aliphatic rings. The number of aliphatic carboxylic acids is 1. The first kappa shape index (κ1) is 11.0. The molecule has 17 heavy (non-hydrogen) atoms. The highest BCUT2D eigenvalue weighted by Gasteiger charge is 2.44. The number of nitrogens with zero attached hydrogens (tertiary/aromatic N) is 2. The van der Waals surface area contributed by atoms with Crippen molar-refractivity contribution in [2.75, 3.05) is 0 Å². The summed E-state index contributed by atoms with van der Waals surface area (Å²) in [5.74, 6) is -1.45. The summed E-state index contributed by atoms with van der Waals surface area (Å²) in [4.78, 5) is 15.2. The topological polar surface area (TPSA) is 120 Å². The summed E-state index contributed by atoms with van der Waals surface area (Å²) < 4.78 is 0. The number of nitrogens with two attached hydrogens (primary N) is 1. The van der Waals surface area contributed by atoms with E-state index in [4.69, 9.17) is 16.1 Å². The quantitative estimate of drug-likeness (QED) is 0.603. The highest BCUT2D eigenvalue weighted by molar-refractivity contribution is 6.07. The zero-order valence-corrected chi connectivity index (χ0v) is 8.93. The predicted octanol–water partition coefficient (Wildman–Crippen LogP) is 0.403. The number of aliphatic hydroxyl groups is 1. The highest BCUT2D eigenvalue weighted by atomic mass is 16.4. The summed E-state index contributed by atoms with van der Waals surface area (Å²) in [7, 11) is 0. The van der Waals surface area contributed by atoms with Crippen LogP contribution in [-0.4, -0.2) is 27.6 Å². The van der Waals surface area contributed by atoms with Gasteiger partial charge in [-0.25, -0.2) is 4.79 Å². The van der Waals surface area contributed by atoms with Gasteiger partial charge in [0.25, 0.3) is 0 Å². The van der Waals surface area contributed by atoms with Gasteiger partial charge in [-0.3, -0.25) is 4.99 Å². The van der Waals surface area contributed by atoms with Gasteiger partial charge in [-0.1, -0.05) is 0 Å². The van der Waals surface area contributed by atoms with Crippen molar-refractivity contribution in [2.24, 2.45) is 10.7 Å². The Labute approximate surface area is 96.7 Å². The van der Waals surface area contributed by atoms with Crippen molar-refractivity contribution >= 4 is 11.8 Å². The molecule has 0 saturated carbocycles. The Bertz CT molecular complexity index is 590. The van der Waals surface area contributed by atoms with Crippen LogP contribution in [0.5, 0.6) is 0 Å². The van der Waals surface area contributed by atoms with Crippen LogP contribution in [0.2, 0.25) is 0 Å². The molecule has 2 rings (SSSR count). The molecule has 1 aliphatic carbocycles. The summed E-state index contributed by atoms with van der Waals surface area (Å²) in [5.41, 5.74) is 4.69. The van der Waals surface area contributed by atoms with E-state index in [1.54, 1.807) is 6.92 Å². The molecule has 0 saturated heterocycles. The molecule has 0 radical (unpaired) electrons. The van der Waals surface area contributed by atoms with E-state index in [9.17, 15) is 9.90 Å². The number of carboxylic acid groups (broad SMARTS) is 1. The van der Waals surface area contributed by atoms with Crippen LogP contribution in [0.4, 0.5) is 0 Å². The molecule has 0 aromatic heterocycles. The van der Waals surface area contributed by atoms with E-state index in [0.29, 0.717) is 5.57 Å². The van der Waals surface area contributed by atoms with Gasteiger partial charge in [0.15, 0.2) is 0 Å². The highest BCUT2D eigenvalue weighted by Crippen LogP contribution is 2.41. The summed E-state index contributed by atoms with van der Waals surface area (Å²) in [6.07, 6.45) is 2.43. The van der Waals surface area contributed by atoms with Gasteiger partial charge in [0, 0.05) is 5.57 Å². The van der Waals surface area contributed by atoms with E-state index >= 15 is 0 Å². The van der Waals surface area contributed by atoms with Crippen molar-refractivity contribution in [3.05, 3.63) is 34.6 Å². The van der Waals surface area contributed by atoms with E-state index < -0.39 is 11.5 Å². The van der Waals surface area contributed by atoms with Crippen LogP contribution in [0.1, 0.15) is 6.92 Å². The van der Waals surface area contributed by atoms with Gasteiger partial charge in [-0.2, -0.15) is 5.26 Å². The number of fused-ring (bicyclic) bond motifs is 1. The lowest BCUT2D eigenvalue weighted by Crippen LogP contribution is -2.32. The number of allylic oxidation sites excluding steroid dienone is 1. The molecule has 0 amide bonds. The lowest BCUT2D eigenvalue weighted by Gasteiger charge is -2.26. The molecular formula is C11H9N3O3. The summed E-state index contributed by atoms with van der Waals surface area (Å²) in [5, 5.41) is 27.5. The van der Waals surface area contributed by atoms with Gasteiger partial charge < -0.3 is 15.9 Å². The second kappa shape index (κ2) is 3.22. The zero-order valence-electron chi connectivity index (χ0n) is 8.93. The maximum absolute atomic E-state index is 11.1. The average molecular weight is 231 g/mol. The van der Waals surface area contributed by atoms with Crippen LogP contribution >= 0.6 is 0 Å². The largest absolute Gasteiger partial charge is 0.508 e. The summed E-state index contributed by atoms with van der Waals surface area (Å²) in [6, 6.07) is 1.87. The van der Waals surface area contributed by atoms with Crippen molar-refractivity contribution in [2.45, 2.75) is 12.5 Å². The number of amidine groups is 1. The molecule has 6 nitrogen and oxygen atoms in total. The minimum Gasteiger partial charge on any atom is -0.508 e. The molecule has 0 aromatic rings. The molecule has 4 N–H and O–H groups in total.